The van der Waals surface area contributed by atoms with Crippen molar-refractivity contribution < 1.29 is 0 Å². The summed E-state index contributed by atoms with van der Waals surface area (Å²) in [5, 5.41) is 7.17. The highest BCUT2D eigenvalue weighted by molar-refractivity contribution is 7.14. The summed E-state index contributed by atoms with van der Waals surface area (Å²) in [4.78, 5) is 2.57. The van der Waals surface area contributed by atoms with Gasteiger partial charge < -0.3 is 10.2 Å². The van der Waals surface area contributed by atoms with E-state index < -0.39 is 0 Å². The molecule has 2 saturated heterocycles. The Hall–Kier alpha value is -0.540. The van der Waals surface area contributed by atoms with E-state index in [9.17, 15) is 0 Å². The molecule has 2 nitrogen and oxygen atoms in total. The van der Waals surface area contributed by atoms with E-state index >= 15 is 0 Å². The summed E-state index contributed by atoms with van der Waals surface area (Å²) in [5.41, 5.74) is 0. The predicted octanol–water partition coefficient (Wildman–Crippen LogP) is 1.79. The van der Waals surface area contributed by atoms with Crippen LogP contribution in [-0.4, -0.2) is 26.2 Å². The van der Waals surface area contributed by atoms with Crippen LogP contribution in [0.4, 0.5) is 5.00 Å². The molecular formula is C11H16N2S. The van der Waals surface area contributed by atoms with E-state index in [4.69, 9.17) is 0 Å². The average Bonchev–Trinajstić information content (AvgIpc) is 2.69. The molecule has 0 aliphatic carbocycles. The number of thiophene rings is 1. The number of fused-ring (bicyclic) bond motifs is 2. The van der Waals surface area contributed by atoms with Crippen LogP contribution < -0.4 is 10.2 Å². The van der Waals surface area contributed by atoms with Crippen LogP contribution in [0, 0.1) is 11.8 Å². The van der Waals surface area contributed by atoms with Crippen molar-refractivity contribution in [3.8, 4) is 0 Å². The molecule has 2 aliphatic heterocycles. The lowest BCUT2D eigenvalue weighted by Crippen LogP contribution is -2.51. The zero-order chi connectivity index (χ0) is 9.38. The third-order valence-corrected chi connectivity index (χ3v) is 4.24. The van der Waals surface area contributed by atoms with Gasteiger partial charge in [-0.3, -0.25) is 0 Å². The van der Waals surface area contributed by atoms with Gasteiger partial charge >= 0.3 is 0 Å². The molecule has 0 spiro atoms. The molecule has 3 rings (SSSR count). The van der Waals surface area contributed by atoms with Crippen molar-refractivity contribution in [1.82, 2.24) is 5.32 Å². The van der Waals surface area contributed by atoms with Gasteiger partial charge in [0.15, 0.2) is 0 Å². The number of nitrogens with one attached hydrogen (secondary N) is 1. The fourth-order valence-electron chi connectivity index (χ4n) is 2.74. The van der Waals surface area contributed by atoms with Gasteiger partial charge in [0.2, 0.25) is 0 Å². The van der Waals surface area contributed by atoms with Gasteiger partial charge in [-0.15, -0.1) is 11.3 Å². The topological polar surface area (TPSA) is 15.3 Å². The summed E-state index contributed by atoms with van der Waals surface area (Å²) < 4.78 is 0. The second-order valence-electron chi connectivity index (χ2n) is 4.48. The summed E-state index contributed by atoms with van der Waals surface area (Å²) in [6, 6.07) is 4.40. The van der Waals surface area contributed by atoms with Gasteiger partial charge in [-0.25, -0.2) is 0 Å². The van der Waals surface area contributed by atoms with Gasteiger partial charge in [0, 0.05) is 13.1 Å². The Morgan fingerprint density at radius 1 is 1.29 bits per heavy atom. The molecule has 0 aromatic carbocycles. The van der Waals surface area contributed by atoms with Crippen molar-refractivity contribution in [2.75, 3.05) is 31.1 Å². The van der Waals surface area contributed by atoms with Crippen molar-refractivity contribution in [2.24, 2.45) is 11.8 Å². The summed E-state index contributed by atoms with van der Waals surface area (Å²) in [6.45, 7) is 4.95. The second kappa shape index (κ2) is 3.55. The van der Waals surface area contributed by atoms with Crippen molar-refractivity contribution in [2.45, 2.75) is 6.42 Å². The van der Waals surface area contributed by atoms with Gasteiger partial charge in [-0.1, -0.05) is 0 Å². The standard InChI is InChI=1S/C11H16N2S/c1-2-11(14-3-1)13-7-9-4-10(8-13)6-12-5-9/h1-3,9-10,12H,4-8H2. The van der Waals surface area contributed by atoms with Crippen LogP contribution in [0.15, 0.2) is 17.5 Å². The lowest BCUT2D eigenvalue weighted by Gasteiger charge is -2.42. The van der Waals surface area contributed by atoms with Crippen LogP contribution in [0.1, 0.15) is 6.42 Å². The SMILES string of the molecule is c1csc(N2CC3CNCC(C3)C2)c1. The minimum absolute atomic E-state index is 0.879. The highest BCUT2D eigenvalue weighted by Gasteiger charge is 2.30. The molecule has 3 heteroatoms. The summed E-state index contributed by atoms with van der Waals surface area (Å²) >= 11 is 1.87. The fraction of sp³-hybridized carbons (Fsp3) is 0.636. The number of anilines is 1. The largest absolute Gasteiger partial charge is 0.363 e. The van der Waals surface area contributed by atoms with Crippen LogP contribution in [-0.2, 0) is 0 Å². The van der Waals surface area contributed by atoms with Crippen LogP contribution in [0.5, 0.6) is 0 Å². The molecule has 0 amide bonds. The highest BCUT2D eigenvalue weighted by atomic mass is 32.1. The van der Waals surface area contributed by atoms with E-state index in [1.165, 1.54) is 37.6 Å². The number of nitrogens with zero attached hydrogens (tertiary/aromatic N) is 1. The van der Waals surface area contributed by atoms with E-state index in [0.29, 0.717) is 0 Å². The van der Waals surface area contributed by atoms with Crippen LogP contribution in [0.25, 0.3) is 0 Å². The lowest BCUT2D eigenvalue weighted by atomic mass is 9.86. The Morgan fingerprint density at radius 3 is 2.71 bits per heavy atom. The summed E-state index contributed by atoms with van der Waals surface area (Å²) in [5.74, 6) is 1.76. The normalized spacial score (nSPS) is 31.9. The Balaban J connectivity index is 1.77. The highest BCUT2D eigenvalue weighted by Crippen LogP contribution is 2.30. The van der Waals surface area contributed by atoms with E-state index in [2.05, 4.69) is 27.7 Å². The maximum Gasteiger partial charge on any atom is 0.0908 e. The first-order valence-corrected chi connectivity index (χ1v) is 6.29. The Labute approximate surface area is 88.9 Å². The smallest absolute Gasteiger partial charge is 0.0908 e. The zero-order valence-corrected chi connectivity index (χ0v) is 9.09. The van der Waals surface area contributed by atoms with Crippen LogP contribution in [0.3, 0.4) is 0 Å². The molecule has 0 radical (unpaired) electrons. The maximum absolute atomic E-state index is 3.53. The third kappa shape index (κ3) is 1.55. The summed E-state index contributed by atoms with van der Waals surface area (Å²) in [6.07, 6.45) is 1.44. The van der Waals surface area contributed by atoms with E-state index in [1.54, 1.807) is 0 Å². The molecule has 0 saturated carbocycles. The van der Waals surface area contributed by atoms with Gasteiger partial charge in [0.05, 0.1) is 5.00 Å². The van der Waals surface area contributed by atoms with Gasteiger partial charge in [-0.2, -0.15) is 0 Å². The first kappa shape index (κ1) is 8.74. The molecular weight excluding hydrogens is 192 g/mol. The van der Waals surface area contributed by atoms with Crippen LogP contribution >= 0.6 is 11.3 Å². The van der Waals surface area contributed by atoms with Crippen molar-refractivity contribution in [1.29, 1.82) is 0 Å². The molecule has 2 unspecified atom stereocenters. The number of hydrogen-bond acceptors (Lipinski definition) is 3. The number of hydrogen-bond donors (Lipinski definition) is 1. The van der Waals surface area contributed by atoms with Gasteiger partial charge in [-0.05, 0) is 48.9 Å². The molecule has 76 valence electrons. The van der Waals surface area contributed by atoms with Crippen molar-refractivity contribution >= 4 is 16.3 Å². The minimum atomic E-state index is 0.879. The minimum Gasteiger partial charge on any atom is -0.363 e. The molecule has 1 N–H and O–H groups in total. The molecule has 2 fully saturated rings. The summed E-state index contributed by atoms with van der Waals surface area (Å²) in [7, 11) is 0. The Bertz CT molecular complexity index is 284. The quantitative estimate of drug-likeness (QED) is 0.757. The van der Waals surface area contributed by atoms with Crippen molar-refractivity contribution in [3.63, 3.8) is 0 Å². The first-order chi connectivity index (χ1) is 6.92. The van der Waals surface area contributed by atoms with E-state index in [0.717, 1.165) is 11.8 Å². The van der Waals surface area contributed by atoms with Gasteiger partial charge in [0.1, 0.15) is 0 Å². The zero-order valence-electron chi connectivity index (χ0n) is 8.28. The van der Waals surface area contributed by atoms with E-state index in [1.807, 2.05) is 11.3 Å². The fourth-order valence-corrected chi connectivity index (χ4v) is 3.49. The Morgan fingerprint density at radius 2 is 2.07 bits per heavy atom. The van der Waals surface area contributed by atoms with Gasteiger partial charge in [0.25, 0.3) is 0 Å². The molecule has 2 aliphatic rings. The molecule has 14 heavy (non-hydrogen) atoms. The molecule has 2 atom stereocenters. The third-order valence-electron chi connectivity index (χ3n) is 3.31. The lowest BCUT2D eigenvalue weighted by molar-refractivity contribution is 0.250. The number of piperidine rings is 2. The number of rotatable bonds is 1. The monoisotopic (exact) mass is 208 g/mol. The van der Waals surface area contributed by atoms with Crippen molar-refractivity contribution in [3.05, 3.63) is 17.5 Å². The van der Waals surface area contributed by atoms with E-state index in [-0.39, 0.29) is 0 Å². The maximum atomic E-state index is 3.53. The average molecular weight is 208 g/mol. The molecule has 1 aromatic rings. The predicted molar refractivity (Wildman–Crippen MR) is 61.0 cm³/mol. The first-order valence-electron chi connectivity index (χ1n) is 5.41. The second-order valence-corrected chi connectivity index (χ2v) is 5.41. The van der Waals surface area contributed by atoms with Crippen LogP contribution in [0.2, 0.25) is 0 Å². The molecule has 1 aromatic heterocycles. The molecule has 3 heterocycles. The Kier molecular flexibility index (Phi) is 2.22. The molecule has 2 bridgehead atoms.